The summed E-state index contributed by atoms with van der Waals surface area (Å²) in [5, 5.41) is -0.187. The molecule has 2 saturated heterocycles. The number of benzene rings is 1. The summed E-state index contributed by atoms with van der Waals surface area (Å²) in [7, 11) is -3.18. The van der Waals surface area contributed by atoms with Gasteiger partial charge in [0.15, 0.2) is 9.84 Å². The van der Waals surface area contributed by atoms with E-state index in [0.717, 1.165) is 19.5 Å². The molecule has 0 bridgehead atoms. The summed E-state index contributed by atoms with van der Waals surface area (Å²) < 4.78 is 26.0. The topological polar surface area (TPSA) is 37.4 Å². The van der Waals surface area contributed by atoms with E-state index in [-0.39, 0.29) is 10.8 Å². The molecule has 3 aliphatic rings. The minimum atomic E-state index is -3.18. The minimum Gasteiger partial charge on any atom is -0.296 e. The van der Waals surface area contributed by atoms with Gasteiger partial charge in [-0.05, 0) is 50.3 Å². The van der Waals surface area contributed by atoms with Crippen LogP contribution >= 0.6 is 0 Å². The first-order chi connectivity index (χ1) is 9.64. The van der Waals surface area contributed by atoms with Gasteiger partial charge in [0.05, 0.1) is 10.1 Å². The summed E-state index contributed by atoms with van der Waals surface area (Å²) in [5.41, 5.74) is 0.229. The maximum Gasteiger partial charge on any atom is 0.182 e. The Kier molecular flexibility index (Phi) is 2.77. The van der Waals surface area contributed by atoms with Gasteiger partial charge in [-0.15, -0.1) is 0 Å². The fourth-order valence-electron chi connectivity index (χ4n) is 4.99. The molecule has 1 aromatic rings. The van der Waals surface area contributed by atoms with E-state index in [4.69, 9.17) is 0 Å². The monoisotopic (exact) mass is 291 g/mol. The van der Waals surface area contributed by atoms with Crippen LogP contribution in [0.1, 0.15) is 32.1 Å². The van der Waals surface area contributed by atoms with Gasteiger partial charge in [0.1, 0.15) is 0 Å². The lowest BCUT2D eigenvalue weighted by atomic mass is 9.86. The Hall–Kier alpha value is -0.870. The molecule has 4 rings (SSSR count). The van der Waals surface area contributed by atoms with Gasteiger partial charge in [0, 0.05) is 12.1 Å². The Balaban J connectivity index is 1.74. The summed E-state index contributed by atoms with van der Waals surface area (Å²) in [6.07, 6.45) is 5.95. The lowest BCUT2D eigenvalue weighted by Crippen LogP contribution is -2.40. The van der Waals surface area contributed by atoms with Crippen LogP contribution in [0.3, 0.4) is 0 Å². The Labute approximate surface area is 120 Å². The molecule has 20 heavy (non-hydrogen) atoms. The average molecular weight is 291 g/mol. The molecule has 3 nitrogen and oxygen atoms in total. The van der Waals surface area contributed by atoms with Crippen molar-refractivity contribution in [2.45, 2.75) is 47.8 Å². The van der Waals surface area contributed by atoms with E-state index in [9.17, 15) is 8.42 Å². The second-order valence-corrected chi connectivity index (χ2v) is 8.72. The number of rotatable bonds is 2. The molecule has 3 atom stereocenters. The summed E-state index contributed by atoms with van der Waals surface area (Å²) >= 11 is 0. The second-order valence-electron chi connectivity index (χ2n) is 6.55. The molecule has 1 spiro atoms. The van der Waals surface area contributed by atoms with E-state index in [2.05, 4.69) is 4.90 Å². The molecular formula is C16H21NO2S. The van der Waals surface area contributed by atoms with Crippen LogP contribution in [0.25, 0.3) is 0 Å². The predicted octanol–water partition coefficient (Wildman–Crippen LogP) is 2.48. The zero-order valence-electron chi connectivity index (χ0n) is 11.7. The molecule has 1 aliphatic carbocycles. The van der Waals surface area contributed by atoms with Crippen molar-refractivity contribution in [3.8, 4) is 0 Å². The third-order valence-electron chi connectivity index (χ3n) is 5.80. The number of hydrogen-bond acceptors (Lipinski definition) is 3. The highest BCUT2D eigenvalue weighted by atomic mass is 32.2. The van der Waals surface area contributed by atoms with E-state index in [1.54, 1.807) is 12.1 Å². The standard InChI is InChI=1S/C16H21NO2S/c18-20(19,13-6-2-1-3-7-13)15-12-17-11-5-10-16(17)9-4-8-14(15)16/h1-3,6-7,14-15H,4-5,8-12H2/t14?,15-,16-/m0/s1. The van der Waals surface area contributed by atoms with Crippen LogP contribution in [0.4, 0.5) is 0 Å². The molecule has 2 heterocycles. The maximum absolute atomic E-state index is 13.0. The van der Waals surface area contributed by atoms with E-state index < -0.39 is 9.84 Å². The Morgan fingerprint density at radius 1 is 1.10 bits per heavy atom. The highest BCUT2D eigenvalue weighted by Gasteiger charge is 2.60. The van der Waals surface area contributed by atoms with E-state index in [1.807, 2.05) is 18.2 Å². The van der Waals surface area contributed by atoms with Crippen molar-refractivity contribution in [2.75, 3.05) is 13.1 Å². The second kappa shape index (κ2) is 4.31. The van der Waals surface area contributed by atoms with Crippen molar-refractivity contribution in [3.63, 3.8) is 0 Å². The number of hydrogen-bond donors (Lipinski definition) is 0. The van der Waals surface area contributed by atoms with E-state index in [1.165, 1.54) is 25.7 Å². The van der Waals surface area contributed by atoms with Crippen LogP contribution in [0, 0.1) is 5.92 Å². The average Bonchev–Trinajstić information content (AvgIpc) is 3.09. The van der Waals surface area contributed by atoms with Crippen LogP contribution < -0.4 is 0 Å². The van der Waals surface area contributed by atoms with Gasteiger partial charge >= 0.3 is 0 Å². The summed E-state index contributed by atoms with van der Waals surface area (Å²) in [4.78, 5) is 3.00. The molecule has 3 fully saturated rings. The normalized spacial score (nSPS) is 37.0. The lowest BCUT2D eigenvalue weighted by molar-refractivity contribution is 0.174. The third-order valence-corrected chi connectivity index (χ3v) is 8.01. The zero-order valence-corrected chi connectivity index (χ0v) is 12.5. The van der Waals surface area contributed by atoms with Gasteiger partial charge in [-0.1, -0.05) is 24.6 Å². The molecule has 1 unspecified atom stereocenters. The fourth-order valence-corrected chi connectivity index (χ4v) is 7.07. The van der Waals surface area contributed by atoms with E-state index >= 15 is 0 Å². The SMILES string of the molecule is O=S(=O)(c1ccccc1)[C@H]1CN2CCC[C@]23CCCC13. The first-order valence-corrected chi connectivity index (χ1v) is 9.23. The van der Waals surface area contributed by atoms with Crippen molar-refractivity contribution in [1.82, 2.24) is 4.90 Å². The Morgan fingerprint density at radius 3 is 2.65 bits per heavy atom. The van der Waals surface area contributed by atoms with Gasteiger partial charge in [0.2, 0.25) is 0 Å². The molecule has 0 N–H and O–H groups in total. The van der Waals surface area contributed by atoms with Gasteiger partial charge in [-0.3, -0.25) is 4.90 Å². The van der Waals surface area contributed by atoms with Crippen LogP contribution in [0.5, 0.6) is 0 Å². The summed E-state index contributed by atoms with van der Waals surface area (Å²) in [5.74, 6) is 0.357. The van der Waals surface area contributed by atoms with Crippen molar-refractivity contribution >= 4 is 9.84 Å². The molecule has 1 aromatic carbocycles. The quantitative estimate of drug-likeness (QED) is 0.840. The van der Waals surface area contributed by atoms with Crippen LogP contribution in [0.15, 0.2) is 35.2 Å². The van der Waals surface area contributed by atoms with Crippen molar-refractivity contribution in [3.05, 3.63) is 30.3 Å². The third kappa shape index (κ3) is 1.58. The van der Waals surface area contributed by atoms with Gasteiger partial charge in [0.25, 0.3) is 0 Å². The zero-order chi connectivity index (χ0) is 13.8. The Morgan fingerprint density at radius 2 is 1.85 bits per heavy atom. The molecular weight excluding hydrogens is 270 g/mol. The lowest BCUT2D eigenvalue weighted by Gasteiger charge is -2.32. The highest BCUT2D eigenvalue weighted by molar-refractivity contribution is 7.92. The first kappa shape index (κ1) is 12.8. The smallest absolute Gasteiger partial charge is 0.182 e. The highest BCUT2D eigenvalue weighted by Crippen LogP contribution is 2.54. The van der Waals surface area contributed by atoms with Crippen molar-refractivity contribution in [2.24, 2.45) is 5.92 Å². The first-order valence-electron chi connectivity index (χ1n) is 7.69. The molecule has 4 heteroatoms. The van der Waals surface area contributed by atoms with Crippen LogP contribution in [-0.4, -0.2) is 37.2 Å². The molecule has 0 aromatic heterocycles. The predicted molar refractivity (Wildman–Crippen MR) is 78.3 cm³/mol. The fraction of sp³-hybridized carbons (Fsp3) is 0.625. The van der Waals surface area contributed by atoms with Gasteiger partial charge in [-0.25, -0.2) is 8.42 Å². The molecule has 0 amide bonds. The number of sulfone groups is 1. The summed E-state index contributed by atoms with van der Waals surface area (Å²) in [6.45, 7) is 1.85. The number of nitrogens with zero attached hydrogens (tertiary/aromatic N) is 1. The maximum atomic E-state index is 13.0. The minimum absolute atomic E-state index is 0.187. The molecule has 2 aliphatic heterocycles. The van der Waals surface area contributed by atoms with Gasteiger partial charge in [-0.2, -0.15) is 0 Å². The van der Waals surface area contributed by atoms with Crippen molar-refractivity contribution in [1.29, 1.82) is 0 Å². The molecule has 108 valence electrons. The Bertz CT molecular complexity index is 609. The molecule has 1 saturated carbocycles. The van der Waals surface area contributed by atoms with Crippen LogP contribution in [-0.2, 0) is 9.84 Å². The largest absolute Gasteiger partial charge is 0.296 e. The van der Waals surface area contributed by atoms with Gasteiger partial charge < -0.3 is 0 Å². The van der Waals surface area contributed by atoms with Crippen LogP contribution in [0.2, 0.25) is 0 Å². The molecule has 0 radical (unpaired) electrons. The summed E-state index contributed by atoms with van der Waals surface area (Å²) in [6, 6.07) is 9.03. The van der Waals surface area contributed by atoms with E-state index in [0.29, 0.717) is 10.8 Å². The van der Waals surface area contributed by atoms with Crippen molar-refractivity contribution < 1.29 is 8.42 Å².